The molecule has 2 aliphatic heterocycles. The molecule has 2 unspecified atom stereocenters. The zero-order valence-corrected chi connectivity index (χ0v) is 10.9. The van der Waals surface area contributed by atoms with Gasteiger partial charge in [-0.2, -0.15) is 5.10 Å². The van der Waals surface area contributed by atoms with Gasteiger partial charge >= 0.3 is 12.0 Å². The lowest BCUT2D eigenvalue weighted by Gasteiger charge is -2.31. The highest BCUT2D eigenvalue weighted by molar-refractivity contribution is 5.89. The minimum atomic E-state index is -0.976. The van der Waals surface area contributed by atoms with Gasteiger partial charge in [0.25, 0.3) is 0 Å². The number of rotatable bonds is 3. The van der Waals surface area contributed by atoms with Crippen molar-refractivity contribution in [1.82, 2.24) is 14.7 Å². The number of amides is 2. The summed E-state index contributed by atoms with van der Waals surface area (Å²) in [6, 6.07) is -0.194. The number of urea groups is 1. The van der Waals surface area contributed by atoms with E-state index in [1.165, 1.54) is 17.1 Å². The van der Waals surface area contributed by atoms with E-state index in [9.17, 15) is 9.59 Å². The van der Waals surface area contributed by atoms with Crippen LogP contribution in [-0.4, -0.2) is 57.1 Å². The van der Waals surface area contributed by atoms with Gasteiger partial charge in [-0.3, -0.25) is 9.48 Å². The Morgan fingerprint density at radius 1 is 1.40 bits per heavy atom. The molecule has 3 rings (SSSR count). The van der Waals surface area contributed by atoms with E-state index in [2.05, 4.69) is 10.4 Å². The lowest BCUT2D eigenvalue weighted by Crippen LogP contribution is -2.47. The number of fused-ring (bicyclic) bond motifs is 2. The fourth-order valence-corrected chi connectivity index (χ4v) is 2.64. The number of ether oxygens (including phenoxy) is 1. The smallest absolute Gasteiger partial charge is 0.325 e. The van der Waals surface area contributed by atoms with Crippen LogP contribution in [0.1, 0.15) is 12.8 Å². The molecule has 8 nitrogen and oxygen atoms in total. The fourth-order valence-electron chi connectivity index (χ4n) is 2.64. The van der Waals surface area contributed by atoms with Crippen LogP contribution in [0.3, 0.4) is 0 Å². The van der Waals surface area contributed by atoms with Gasteiger partial charge in [-0.15, -0.1) is 0 Å². The van der Waals surface area contributed by atoms with Crippen molar-refractivity contribution in [2.45, 2.75) is 31.6 Å². The normalized spacial score (nSPS) is 24.7. The monoisotopic (exact) mass is 280 g/mol. The van der Waals surface area contributed by atoms with E-state index in [0.29, 0.717) is 18.8 Å². The van der Waals surface area contributed by atoms with E-state index >= 15 is 0 Å². The van der Waals surface area contributed by atoms with Crippen molar-refractivity contribution < 1.29 is 19.4 Å². The number of nitrogens with zero attached hydrogens (tertiary/aromatic N) is 3. The molecule has 2 amide bonds. The first-order valence-electron chi connectivity index (χ1n) is 6.56. The van der Waals surface area contributed by atoms with Crippen LogP contribution in [0.25, 0.3) is 0 Å². The standard InChI is InChI=1S/C12H16N4O4/c17-11(18)7-16-4-8(3-13-16)14-12(19)15-5-9-1-2-10(6-15)20-9/h3-4,9-10H,1-2,5-7H2,(H,14,19)(H,17,18). The first-order valence-corrected chi connectivity index (χ1v) is 6.56. The van der Waals surface area contributed by atoms with E-state index in [0.717, 1.165) is 12.8 Å². The Balaban J connectivity index is 1.58. The first-order chi connectivity index (χ1) is 9.60. The number of aromatic nitrogens is 2. The maximum absolute atomic E-state index is 12.1. The molecule has 2 atom stereocenters. The number of nitrogens with one attached hydrogen (secondary N) is 1. The molecular formula is C12H16N4O4. The third-order valence-electron chi connectivity index (χ3n) is 3.51. The summed E-state index contributed by atoms with van der Waals surface area (Å²) in [7, 11) is 0. The molecule has 2 N–H and O–H groups in total. The molecule has 2 aliphatic rings. The van der Waals surface area contributed by atoms with Gasteiger partial charge in [0.2, 0.25) is 0 Å². The number of aliphatic carboxylic acids is 1. The quantitative estimate of drug-likeness (QED) is 0.833. The van der Waals surface area contributed by atoms with Crippen molar-refractivity contribution >= 4 is 17.7 Å². The number of carbonyl (C=O) groups excluding carboxylic acids is 1. The van der Waals surface area contributed by atoms with Gasteiger partial charge in [-0.05, 0) is 12.8 Å². The third kappa shape index (κ3) is 2.74. The molecule has 108 valence electrons. The van der Waals surface area contributed by atoms with Gasteiger partial charge in [0.15, 0.2) is 0 Å². The molecule has 2 saturated heterocycles. The maximum Gasteiger partial charge on any atom is 0.325 e. The second kappa shape index (κ2) is 5.12. The molecule has 0 aromatic carbocycles. The zero-order chi connectivity index (χ0) is 14.1. The van der Waals surface area contributed by atoms with Crippen LogP contribution in [0.2, 0.25) is 0 Å². The highest BCUT2D eigenvalue weighted by atomic mass is 16.5. The van der Waals surface area contributed by atoms with E-state index < -0.39 is 5.97 Å². The number of carbonyl (C=O) groups is 2. The van der Waals surface area contributed by atoms with E-state index in [1.807, 2.05) is 0 Å². The Kier molecular flexibility index (Phi) is 3.31. The topological polar surface area (TPSA) is 96.7 Å². The molecule has 0 radical (unpaired) electrons. The number of carboxylic acids is 1. The van der Waals surface area contributed by atoms with E-state index in [-0.39, 0.29) is 24.8 Å². The molecule has 20 heavy (non-hydrogen) atoms. The van der Waals surface area contributed by atoms with Gasteiger partial charge in [0.05, 0.1) is 24.1 Å². The number of carboxylic acid groups (broad SMARTS) is 1. The Labute approximate surface area is 115 Å². The van der Waals surface area contributed by atoms with Crippen molar-refractivity contribution in [3.8, 4) is 0 Å². The van der Waals surface area contributed by atoms with E-state index in [1.54, 1.807) is 4.90 Å². The van der Waals surface area contributed by atoms with E-state index in [4.69, 9.17) is 9.84 Å². The number of morpholine rings is 1. The summed E-state index contributed by atoms with van der Waals surface area (Å²) in [6.45, 7) is 0.981. The summed E-state index contributed by atoms with van der Waals surface area (Å²) in [5.41, 5.74) is 0.495. The lowest BCUT2D eigenvalue weighted by atomic mass is 10.2. The fraction of sp³-hybridized carbons (Fsp3) is 0.583. The minimum Gasteiger partial charge on any atom is -0.480 e. The molecule has 0 saturated carbocycles. The second-order valence-corrected chi connectivity index (χ2v) is 5.11. The molecule has 0 spiro atoms. The third-order valence-corrected chi connectivity index (χ3v) is 3.51. The van der Waals surface area contributed by atoms with Crippen molar-refractivity contribution in [3.05, 3.63) is 12.4 Å². The first kappa shape index (κ1) is 12.9. The summed E-state index contributed by atoms with van der Waals surface area (Å²) in [6.07, 6.45) is 5.25. The van der Waals surface area contributed by atoms with Gasteiger partial charge in [-0.25, -0.2) is 4.79 Å². The minimum absolute atomic E-state index is 0.147. The number of hydrogen-bond donors (Lipinski definition) is 2. The average Bonchev–Trinajstić information content (AvgIpc) is 2.95. The molecule has 1 aromatic heterocycles. The summed E-state index contributed by atoms with van der Waals surface area (Å²) in [4.78, 5) is 24.4. The Bertz CT molecular complexity index is 517. The summed E-state index contributed by atoms with van der Waals surface area (Å²) in [5.74, 6) is -0.976. The zero-order valence-electron chi connectivity index (χ0n) is 10.9. The molecule has 2 fully saturated rings. The molecular weight excluding hydrogens is 264 g/mol. The van der Waals surface area contributed by atoms with Crippen LogP contribution in [0.15, 0.2) is 12.4 Å². The largest absolute Gasteiger partial charge is 0.480 e. The lowest BCUT2D eigenvalue weighted by molar-refractivity contribution is -0.137. The SMILES string of the molecule is O=C(O)Cn1cc(NC(=O)N2CC3CCC(C2)O3)cn1. The molecule has 0 aliphatic carbocycles. The number of hydrogen-bond acceptors (Lipinski definition) is 4. The van der Waals surface area contributed by atoms with Gasteiger partial charge in [-0.1, -0.05) is 0 Å². The van der Waals surface area contributed by atoms with Crippen molar-refractivity contribution in [2.75, 3.05) is 18.4 Å². The summed E-state index contributed by atoms with van der Waals surface area (Å²) >= 11 is 0. The molecule has 3 heterocycles. The summed E-state index contributed by atoms with van der Waals surface area (Å²) < 4.78 is 6.94. The highest BCUT2D eigenvalue weighted by Gasteiger charge is 2.35. The number of anilines is 1. The van der Waals surface area contributed by atoms with Gasteiger partial charge in [0.1, 0.15) is 6.54 Å². The molecule has 8 heteroatoms. The summed E-state index contributed by atoms with van der Waals surface area (Å²) in [5, 5.41) is 15.3. The van der Waals surface area contributed by atoms with Crippen LogP contribution in [-0.2, 0) is 16.1 Å². The molecule has 1 aromatic rings. The van der Waals surface area contributed by atoms with Crippen LogP contribution in [0, 0.1) is 0 Å². The average molecular weight is 280 g/mol. The number of likely N-dealkylation sites (tertiary alicyclic amines) is 1. The van der Waals surface area contributed by atoms with Crippen molar-refractivity contribution in [1.29, 1.82) is 0 Å². The van der Waals surface area contributed by atoms with Crippen molar-refractivity contribution in [2.24, 2.45) is 0 Å². The predicted molar refractivity (Wildman–Crippen MR) is 68.3 cm³/mol. The van der Waals surface area contributed by atoms with Crippen LogP contribution in [0.5, 0.6) is 0 Å². The van der Waals surface area contributed by atoms with Crippen molar-refractivity contribution in [3.63, 3.8) is 0 Å². The predicted octanol–water partition coefficient (Wildman–Crippen LogP) is 0.363. The highest BCUT2D eigenvalue weighted by Crippen LogP contribution is 2.26. The Morgan fingerprint density at radius 2 is 2.10 bits per heavy atom. The van der Waals surface area contributed by atoms with Gasteiger partial charge < -0.3 is 20.1 Å². The van der Waals surface area contributed by atoms with Crippen LogP contribution < -0.4 is 5.32 Å². The maximum atomic E-state index is 12.1. The Morgan fingerprint density at radius 3 is 2.75 bits per heavy atom. The van der Waals surface area contributed by atoms with Crippen LogP contribution in [0.4, 0.5) is 10.5 Å². The van der Waals surface area contributed by atoms with Gasteiger partial charge in [0, 0.05) is 19.3 Å². The molecule has 2 bridgehead atoms. The van der Waals surface area contributed by atoms with Crippen LogP contribution >= 0.6 is 0 Å². The second-order valence-electron chi connectivity index (χ2n) is 5.11. The Hall–Kier alpha value is -2.09.